The molecule has 0 radical (unpaired) electrons. The van der Waals surface area contributed by atoms with Crippen LogP contribution in [0.25, 0.3) is 32.4 Å². The number of aromatic nitrogens is 2. The summed E-state index contributed by atoms with van der Waals surface area (Å²) in [5, 5.41) is 6.08. The first-order chi connectivity index (χ1) is 16.7. The molecule has 0 N–H and O–H groups in total. The molecule has 34 heavy (non-hydrogen) atoms. The molecular formula is C30H18N2O2. The van der Waals surface area contributed by atoms with Crippen LogP contribution in [0.15, 0.2) is 110 Å². The van der Waals surface area contributed by atoms with Crippen LogP contribution in [0, 0.1) is 0 Å². The minimum atomic E-state index is -0.0641. The third-order valence-corrected chi connectivity index (χ3v) is 6.20. The van der Waals surface area contributed by atoms with Crippen molar-refractivity contribution in [2.24, 2.45) is 0 Å². The Morgan fingerprint density at radius 2 is 1.03 bits per heavy atom. The standard InChI is InChI=1S/C16H10N2.C14H8O2/c1-2-4-12-8-14-13(7-11(12)3-1)5-6-16-15(14)9-17-10-18-16;15-13-9-5-1-2-6-10(9)14(16)12-8-4-3-7-11(12)13/h1-10H;1-8H. The van der Waals surface area contributed by atoms with E-state index in [9.17, 15) is 9.59 Å². The van der Waals surface area contributed by atoms with E-state index in [4.69, 9.17) is 0 Å². The highest BCUT2D eigenvalue weighted by Crippen LogP contribution is 2.28. The number of benzene rings is 5. The first-order valence-electron chi connectivity index (χ1n) is 11.0. The molecule has 0 saturated carbocycles. The van der Waals surface area contributed by atoms with Crippen LogP contribution in [0.3, 0.4) is 0 Å². The lowest BCUT2D eigenvalue weighted by Gasteiger charge is -2.16. The molecule has 6 aromatic rings. The van der Waals surface area contributed by atoms with Crippen molar-refractivity contribution in [2.75, 3.05) is 0 Å². The Hall–Kier alpha value is -4.70. The van der Waals surface area contributed by atoms with Gasteiger partial charge in [0.1, 0.15) is 6.33 Å². The van der Waals surface area contributed by atoms with Crippen LogP contribution >= 0.6 is 0 Å². The first-order valence-corrected chi connectivity index (χ1v) is 11.0. The Kier molecular flexibility index (Phi) is 4.70. The summed E-state index contributed by atoms with van der Waals surface area (Å²) in [6.45, 7) is 0. The van der Waals surface area contributed by atoms with Gasteiger partial charge >= 0.3 is 0 Å². The molecule has 0 aliphatic heterocycles. The maximum atomic E-state index is 12.1. The summed E-state index contributed by atoms with van der Waals surface area (Å²) in [5.41, 5.74) is 3.02. The smallest absolute Gasteiger partial charge is 0.194 e. The predicted octanol–water partition coefficient (Wildman–Crippen LogP) is 6.40. The van der Waals surface area contributed by atoms with Gasteiger partial charge in [0.2, 0.25) is 0 Å². The summed E-state index contributed by atoms with van der Waals surface area (Å²) in [7, 11) is 0. The van der Waals surface area contributed by atoms with Crippen LogP contribution in [0.2, 0.25) is 0 Å². The van der Waals surface area contributed by atoms with Crippen LogP contribution < -0.4 is 0 Å². The fraction of sp³-hybridized carbons (Fsp3) is 0. The van der Waals surface area contributed by atoms with Gasteiger partial charge in [-0.3, -0.25) is 9.59 Å². The minimum Gasteiger partial charge on any atom is -0.289 e. The molecule has 1 aliphatic carbocycles. The van der Waals surface area contributed by atoms with Gasteiger partial charge in [-0.05, 0) is 39.7 Å². The fourth-order valence-electron chi connectivity index (χ4n) is 4.53. The molecule has 4 heteroatoms. The average molecular weight is 438 g/mol. The van der Waals surface area contributed by atoms with E-state index in [1.807, 2.05) is 12.3 Å². The number of nitrogens with zero attached hydrogens (tertiary/aromatic N) is 2. The monoisotopic (exact) mass is 438 g/mol. The van der Waals surface area contributed by atoms with Crippen molar-refractivity contribution in [3.8, 4) is 0 Å². The third kappa shape index (κ3) is 3.24. The van der Waals surface area contributed by atoms with Gasteiger partial charge in [-0.2, -0.15) is 0 Å². The van der Waals surface area contributed by atoms with Crippen molar-refractivity contribution in [2.45, 2.75) is 0 Å². The molecule has 0 saturated heterocycles. The topological polar surface area (TPSA) is 59.9 Å². The highest BCUT2D eigenvalue weighted by molar-refractivity contribution is 6.28. The zero-order chi connectivity index (χ0) is 23.1. The molecule has 0 spiro atoms. The van der Waals surface area contributed by atoms with Crippen LogP contribution in [-0.4, -0.2) is 21.5 Å². The molecule has 4 nitrogen and oxygen atoms in total. The maximum Gasteiger partial charge on any atom is 0.194 e. The van der Waals surface area contributed by atoms with E-state index in [1.165, 1.54) is 21.5 Å². The maximum absolute atomic E-state index is 12.1. The largest absolute Gasteiger partial charge is 0.289 e. The molecule has 0 atom stereocenters. The minimum absolute atomic E-state index is 0.0641. The number of hydrogen-bond donors (Lipinski definition) is 0. The van der Waals surface area contributed by atoms with Crippen LogP contribution in [0.5, 0.6) is 0 Å². The Morgan fingerprint density at radius 3 is 1.62 bits per heavy atom. The van der Waals surface area contributed by atoms with E-state index in [2.05, 4.69) is 52.4 Å². The predicted molar refractivity (Wildman–Crippen MR) is 134 cm³/mol. The second-order valence-electron chi connectivity index (χ2n) is 8.19. The zero-order valence-corrected chi connectivity index (χ0v) is 18.1. The molecule has 7 rings (SSSR count). The van der Waals surface area contributed by atoms with Gasteiger partial charge in [-0.25, -0.2) is 9.97 Å². The second kappa shape index (κ2) is 8.01. The van der Waals surface area contributed by atoms with Gasteiger partial charge in [0.15, 0.2) is 11.6 Å². The highest BCUT2D eigenvalue weighted by Gasteiger charge is 2.28. The van der Waals surface area contributed by atoms with Gasteiger partial charge in [-0.15, -0.1) is 0 Å². The van der Waals surface area contributed by atoms with Crippen molar-refractivity contribution in [1.29, 1.82) is 0 Å². The van der Waals surface area contributed by atoms with Crippen LogP contribution in [0.4, 0.5) is 0 Å². The third-order valence-electron chi connectivity index (χ3n) is 6.20. The van der Waals surface area contributed by atoms with E-state index < -0.39 is 0 Å². The molecular weight excluding hydrogens is 420 g/mol. The lowest BCUT2D eigenvalue weighted by molar-refractivity contribution is 0.0979. The SMILES string of the molecule is O=C1c2ccccc2C(=O)c2ccccc21.c1ccc2cc3c(ccc4ncncc43)cc2c1. The Bertz CT molecular complexity index is 1640. The summed E-state index contributed by atoms with van der Waals surface area (Å²) in [4.78, 5) is 32.6. The molecule has 1 heterocycles. The number of hydrogen-bond acceptors (Lipinski definition) is 4. The van der Waals surface area contributed by atoms with Gasteiger partial charge in [0.25, 0.3) is 0 Å². The van der Waals surface area contributed by atoms with Crippen LogP contribution in [-0.2, 0) is 0 Å². The number of rotatable bonds is 0. The summed E-state index contributed by atoms with van der Waals surface area (Å²) in [6.07, 6.45) is 3.48. The molecule has 5 aromatic carbocycles. The molecule has 0 bridgehead atoms. The summed E-state index contributed by atoms with van der Waals surface area (Å²) < 4.78 is 0. The summed E-state index contributed by atoms with van der Waals surface area (Å²) in [6, 6.07) is 30.9. The van der Waals surface area contributed by atoms with Crippen molar-refractivity contribution in [3.63, 3.8) is 0 Å². The van der Waals surface area contributed by atoms with Gasteiger partial charge in [0.05, 0.1) is 5.52 Å². The Balaban J connectivity index is 0.000000129. The van der Waals surface area contributed by atoms with E-state index >= 15 is 0 Å². The van der Waals surface area contributed by atoms with Crippen molar-refractivity contribution >= 4 is 44.0 Å². The zero-order valence-electron chi connectivity index (χ0n) is 18.1. The van der Waals surface area contributed by atoms with Crippen molar-refractivity contribution in [3.05, 3.63) is 132 Å². The number of ketones is 2. The number of carbonyl (C=O) groups excluding carboxylic acids is 2. The van der Waals surface area contributed by atoms with Gasteiger partial charge < -0.3 is 0 Å². The molecule has 1 aliphatic rings. The van der Waals surface area contributed by atoms with E-state index in [0.717, 1.165) is 10.9 Å². The van der Waals surface area contributed by atoms with E-state index in [1.54, 1.807) is 54.9 Å². The first kappa shape index (κ1) is 19.9. The quantitative estimate of drug-likeness (QED) is 0.203. The van der Waals surface area contributed by atoms with Crippen LogP contribution in [0.1, 0.15) is 31.8 Å². The summed E-state index contributed by atoms with van der Waals surface area (Å²) in [5.74, 6) is -0.128. The number of carbonyl (C=O) groups is 2. The number of fused-ring (bicyclic) bond motifs is 6. The molecule has 0 fully saturated rings. The average Bonchev–Trinajstić information content (AvgIpc) is 2.91. The normalized spacial score (nSPS) is 12.2. The van der Waals surface area contributed by atoms with Gasteiger partial charge in [-0.1, -0.05) is 78.9 Å². The Labute approximate surface area is 195 Å². The molecule has 1 aromatic heterocycles. The lowest BCUT2D eigenvalue weighted by atomic mass is 9.84. The highest BCUT2D eigenvalue weighted by atomic mass is 16.1. The second-order valence-corrected chi connectivity index (χ2v) is 8.19. The summed E-state index contributed by atoms with van der Waals surface area (Å²) >= 11 is 0. The van der Waals surface area contributed by atoms with E-state index in [-0.39, 0.29) is 11.6 Å². The molecule has 0 amide bonds. The van der Waals surface area contributed by atoms with E-state index in [0.29, 0.717) is 22.3 Å². The fourth-order valence-corrected chi connectivity index (χ4v) is 4.53. The lowest BCUT2D eigenvalue weighted by Crippen LogP contribution is -2.20. The molecule has 0 unspecified atom stereocenters. The Morgan fingerprint density at radius 1 is 0.500 bits per heavy atom. The van der Waals surface area contributed by atoms with Crippen molar-refractivity contribution < 1.29 is 9.59 Å². The van der Waals surface area contributed by atoms with Gasteiger partial charge in [0, 0.05) is 33.8 Å². The molecule has 160 valence electrons. The van der Waals surface area contributed by atoms with Crippen molar-refractivity contribution in [1.82, 2.24) is 9.97 Å².